The van der Waals surface area contributed by atoms with E-state index in [1.54, 1.807) is 18.0 Å². The summed E-state index contributed by atoms with van der Waals surface area (Å²) in [5.74, 6) is 0. The zero-order valence-electron chi connectivity index (χ0n) is 9.10. The van der Waals surface area contributed by atoms with Crippen LogP contribution < -0.4 is 0 Å². The van der Waals surface area contributed by atoms with Gasteiger partial charge in [-0.15, -0.1) is 0 Å². The lowest BCUT2D eigenvalue weighted by Crippen LogP contribution is -1.90. The van der Waals surface area contributed by atoms with Gasteiger partial charge in [-0.05, 0) is 24.6 Å². The van der Waals surface area contributed by atoms with Crippen molar-refractivity contribution in [3.63, 3.8) is 0 Å². The van der Waals surface area contributed by atoms with Gasteiger partial charge >= 0.3 is 0 Å². The van der Waals surface area contributed by atoms with Crippen LogP contribution in [0.15, 0.2) is 41.8 Å². The van der Waals surface area contributed by atoms with E-state index in [2.05, 4.69) is 16.9 Å². The molecular weight excluding hydrogens is 275 g/mol. The van der Waals surface area contributed by atoms with Gasteiger partial charge in [-0.3, -0.25) is 0 Å². The summed E-state index contributed by atoms with van der Waals surface area (Å²) in [4.78, 5) is 8.02. The molecule has 0 aliphatic carbocycles. The van der Waals surface area contributed by atoms with Crippen molar-refractivity contribution in [1.82, 2.24) is 9.97 Å². The minimum Gasteiger partial charge on any atom is -0.243 e. The van der Waals surface area contributed by atoms with Crippen molar-refractivity contribution in [1.29, 1.82) is 0 Å². The molecule has 0 radical (unpaired) electrons. The lowest BCUT2D eigenvalue weighted by atomic mass is 10.2. The number of benzene rings is 1. The predicted octanol–water partition coefficient (Wildman–Crippen LogP) is 4.64. The fourth-order valence-electron chi connectivity index (χ4n) is 1.36. The predicted molar refractivity (Wildman–Crippen MR) is 72.8 cm³/mol. The van der Waals surface area contributed by atoms with Crippen LogP contribution in [-0.2, 0) is 0 Å². The average molecular weight is 285 g/mol. The van der Waals surface area contributed by atoms with E-state index in [9.17, 15) is 0 Å². The molecule has 0 amide bonds. The molecule has 0 N–H and O–H groups in total. The molecule has 0 saturated heterocycles. The number of aromatic nitrogens is 2. The van der Waals surface area contributed by atoms with Crippen LogP contribution in [0, 0.1) is 0 Å². The molecule has 0 aliphatic heterocycles. The summed E-state index contributed by atoms with van der Waals surface area (Å²) in [6.07, 6.45) is 3.11. The van der Waals surface area contributed by atoms with Crippen molar-refractivity contribution >= 4 is 35.0 Å². The molecule has 0 spiro atoms. The quantitative estimate of drug-likeness (QED) is 0.607. The van der Waals surface area contributed by atoms with E-state index >= 15 is 0 Å². The van der Waals surface area contributed by atoms with Crippen molar-refractivity contribution in [2.75, 3.05) is 0 Å². The molecule has 0 saturated carbocycles. The van der Waals surface area contributed by atoms with Gasteiger partial charge in [0.1, 0.15) is 11.4 Å². The molecule has 1 heterocycles. The third-order valence-electron chi connectivity index (χ3n) is 2.26. The second-order valence-electron chi connectivity index (χ2n) is 3.49. The van der Waals surface area contributed by atoms with Crippen LogP contribution in [0.5, 0.6) is 0 Å². The maximum Gasteiger partial charge on any atom is 0.119 e. The number of hydrogen-bond donors (Lipinski definition) is 0. The van der Waals surface area contributed by atoms with Crippen LogP contribution >= 0.6 is 35.0 Å². The van der Waals surface area contributed by atoms with Gasteiger partial charge in [-0.1, -0.05) is 47.1 Å². The van der Waals surface area contributed by atoms with Gasteiger partial charge < -0.3 is 0 Å². The summed E-state index contributed by atoms with van der Waals surface area (Å²) >= 11 is 13.5. The van der Waals surface area contributed by atoms with Crippen molar-refractivity contribution in [2.24, 2.45) is 0 Å². The second kappa shape index (κ2) is 5.71. The van der Waals surface area contributed by atoms with Gasteiger partial charge in [0.25, 0.3) is 0 Å². The molecule has 1 aromatic carbocycles. The summed E-state index contributed by atoms with van der Waals surface area (Å²) in [6.45, 7) is 2.10. The lowest BCUT2D eigenvalue weighted by molar-refractivity contribution is 1.02. The van der Waals surface area contributed by atoms with Crippen LogP contribution in [-0.4, -0.2) is 9.97 Å². The standard InChI is InChI=1S/C12H10Cl2N2S/c1-8(9-2-4-10(13)5-3-9)17-12-11(14)6-15-7-16-12/h2-8H,1H3. The maximum atomic E-state index is 6.01. The van der Waals surface area contributed by atoms with Crippen LogP contribution in [0.3, 0.4) is 0 Å². The Morgan fingerprint density at radius 1 is 1.18 bits per heavy atom. The Labute approximate surface area is 114 Å². The third kappa shape index (κ3) is 3.35. The fourth-order valence-corrected chi connectivity index (χ4v) is 2.62. The van der Waals surface area contributed by atoms with Crippen molar-refractivity contribution in [3.05, 3.63) is 52.4 Å². The number of hydrogen-bond acceptors (Lipinski definition) is 3. The van der Waals surface area contributed by atoms with Crippen molar-refractivity contribution in [3.8, 4) is 0 Å². The Morgan fingerprint density at radius 2 is 1.88 bits per heavy atom. The Kier molecular flexibility index (Phi) is 4.26. The van der Waals surface area contributed by atoms with Gasteiger partial charge in [0.15, 0.2) is 0 Å². The third-order valence-corrected chi connectivity index (χ3v) is 4.08. The highest BCUT2D eigenvalue weighted by atomic mass is 35.5. The van der Waals surface area contributed by atoms with E-state index in [1.165, 1.54) is 11.9 Å². The molecular formula is C12H10Cl2N2S. The van der Waals surface area contributed by atoms with E-state index < -0.39 is 0 Å². The lowest BCUT2D eigenvalue weighted by Gasteiger charge is -2.11. The van der Waals surface area contributed by atoms with E-state index in [0.717, 1.165) is 10.0 Å². The van der Waals surface area contributed by atoms with Crippen LogP contribution in [0.25, 0.3) is 0 Å². The second-order valence-corrected chi connectivity index (χ2v) is 5.66. The van der Waals surface area contributed by atoms with Gasteiger partial charge in [0.05, 0.1) is 11.2 Å². The number of rotatable bonds is 3. The van der Waals surface area contributed by atoms with Crippen LogP contribution in [0.1, 0.15) is 17.7 Å². The van der Waals surface area contributed by atoms with E-state index in [1.807, 2.05) is 24.3 Å². The highest BCUT2D eigenvalue weighted by molar-refractivity contribution is 7.99. The first-order valence-corrected chi connectivity index (χ1v) is 6.68. The molecule has 2 nitrogen and oxygen atoms in total. The largest absolute Gasteiger partial charge is 0.243 e. The molecule has 0 bridgehead atoms. The van der Waals surface area contributed by atoms with Crippen molar-refractivity contribution in [2.45, 2.75) is 17.2 Å². The summed E-state index contributed by atoms with van der Waals surface area (Å²) in [6, 6.07) is 7.79. The van der Waals surface area contributed by atoms with Crippen LogP contribution in [0.2, 0.25) is 10.0 Å². The molecule has 1 unspecified atom stereocenters. The number of thioether (sulfide) groups is 1. The van der Waals surface area contributed by atoms with Gasteiger partial charge in [0, 0.05) is 10.3 Å². The number of nitrogens with zero attached hydrogens (tertiary/aromatic N) is 2. The van der Waals surface area contributed by atoms with Gasteiger partial charge in [-0.25, -0.2) is 9.97 Å². The Balaban J connectivity index is 2.14. The first-order chi connectivity index (χ1) is 8.16. The van der Waals surface area contributed by atoms with E-state index in [4.69, 9.17) is 23.2 Å². The van der Waals surface area contributed by atoms with Gasteiger partial charge in [-0.2, -0.15) is 0 Å². The Bertz CT molecular complexity index is 502. The molecule has 5 heteroatoms. The highest BCUT2D eigenvalue weighted by Gasteiger charge is 2.10. The van der Waals surface area contributed by atoms with Crippen LogP contribution in [0.4, 0.5) is 0 Å². The van der Waals surface area contributed by atoms with E-state index in [-0.39, 0.29) is 5.25 Å². The molecule has 1 atom stereocenters. The molecule has 0 aliphatic rings. The maximum absolute atomic E-state index is 6.01. The zero-order valence-corrected chi connectivity index (χ0v) is 11.4. The summed E-state index contributed by atoms with van der Waals surface area (Å²) in [5, 5.41) is 2.38. The van der Waals surface area contributed by atoms with Gasteiger partial charge in [0.2, 0.25) is 0 Å². The average Bonchev–Trinajstić information content (AvgIpc) is 2.33. The minimum atomic E-state index is 0.264. The smallest absolute Gasteiger partial charge is 0.119 e. The summed E-state index contributed by atoms with van der Waals surface area (Å²) < 4.78 is 0. The fraction of sp³-hybridized carbons (Fsp3) is 0.167. The molecule has 17 heavy (non-hydrogen) atoms. The monoisotopic (exact) mass is 284 g/mol. The number of halogens is 2. The topological polar surface area (TPSA) is 25.8 Å². The first-order valence-electron chi connectivity index (χ1n) is 5.04. The zero-order chi connectivity index (χ0) is 12.3. The van der Waals surface area contributed by atoms with E-state index in [0.29, 0.717) is 5.02 Å². The SMILES string of the molecule is CC(Sc1ncncc1Cl)c1ccc(Cl)cc1. The molecule has 88 valence electrons. The molecule has 0 fully saturated rings. The Morgan fingerprint density at radius 3 is 2.53 bits per heavy atom. The molecule has 2 rings (SSSR count). The molecule has 2 aromatic rings. The Hall–Kier alpha value is -0.770. The molecule has 1 aromatic heterocycles. The summed E-state index contributed by atoms with van der Waals surface area (Å²) in [5.41, 5.74) is 1.19. The highest BCUT2D eigenvalue weighted by Crippen LogP contribution is 2.36. The van der Waals surface area contributed by atoms with Crippen molar-refractivity contribution < 1.29 is 0 Å². The first kappa shape index (κ1) is 12.7. The normalized spacial score (nSPS) is 12.4. The summed E-state index contributed by atoms with van der Waals surface area (Å²) in [7, 11) is 0. The minimum absolute atomic E-state index is 0.264.